The average molecular weight is 473 g/mol. The van der Waals surface area contributed by atoms with E-state index in [0.717, 1.165) is 42.7 Å². The number of methoxy groups -OCH3 is 1. The van der Waals surface area contributed by atoms with Crippen LogP contribution in [-0.4, -0.2) is 44.2 Å². The van der Waals surface area contributed by atoms with Crippen LogP contribution in [0, 0.1) is 5.41 Å². The van der Waals surface area contributed by atoms with Gasteiger partial charge in [-0.3, -0.25) is 0 Å². The Morgan fingerprint density at radius 1 is 1.23 bits per heavy atom. The second-order valence-corrected chi connectivity index (χ2v) is 7.11. The van der Waals surface area contributed by atoms with Crippen LogP contribution in [0.15, 0.2) is 23.2 Å². The summed E-state index contributed by atoms with van der Waals surface area (Å²) >= 11 is 0. The SMILES string of the molecule is CCNC(=NCc1ccc(OC)c(OCC)c1)N1CCC2(CCC2)C1.I. The van der Waals surface area contributed by atoms with Gasteiger partial charge < -0.3 is 19.7 Å². The molecule has 5 nitrogen and oxygen atoms in total. The highest BCUT2D eigenvalue weighted by Gasteiger charge is 2.43. The van der Waals surface area contributed by atoms with Crippen molar-refractivity contribution in [2.24, 2.45) is 10.4 Å². The highest BCUT2D eigenvalue weighted by molar-refractivity contribution is 14.0. The van der Waals surface area contributed by atoms with Gasteiger partial charge in [0, 0.05) is 19.6 Å². The second kappa shape index (κ2) is 9.67. The third kappa shape index (κ3) is 4.75. The van der Waals surface area contributed by atoms with E-state index in [1.54, 1.807) is 7.11 Å². The normalized spacial score (nSPS) is 18.3. The molecule has 6 heteroatoms. The van der Waals surface area contributed by atoms with Gasteiger partial charge in [0.05, 0.1) is 20.3 Å². The molecule has 146 valence electrons. The summed E-state index contributed by atoms with van der Waals surface area (Å²) in [5.41, 5.74) is 1.72. The van der Waals surface area contributed by atoms with E-state index in [9.17, 15) is 0 Å². The van der Waals surface area contributed by atoms with Crippen LogP contribution in [0.5, 0.6) is 11.5 Å². The van der Waals surface area contributed by atoms with E-state index in [1.165, 1.54) is 25.7 Å². The van der Waals surface area contributed by atoms with Crippen molar-refractivity contribution >= 4 is 29.9 Å². The lowest BCUT2D eigenvalue weighted by atomic mass is 9.68. The van der Waals surface area contributed by atoms with Gasteiger partial charge in [0.15, 0.2) is 17.5 Å². The van der Waals surface area contributed by atoms with E-state index in [1.807, 2.05) is 19.1 Å². The molecule has 1 aliphatic heterocycles. The monoisotopic (exact) mass is 473 g/mol. The number of benzene rings is 1. The van der Waals surface area contributed by atoms with E-state index < -0.39 is 0 Å². The standard InChI is InChI=1S/C20H31N3O2.HI/c1-4-21-19(23-12-11-20(15-23)9-6-10-20)22-14-16-7-8-17(24-3)18(13-16)25-5-2;/h7-8,13H,4-6,9-12,14-15H2,1-3H3,(H,21,22);1H. The molecule has 1 aromatic rings. The molecular weight excluding hydrogens is 441 g/mol. The lowest BCUT2D eigenvalue weighted by molar-refractivity contribution is 0.151. The van der Waals surface area contributed by atoms with Crippen molar-refractivity contribution in [3.8, 4) is 11.5 Å². The van der Waals surface area contributed by atoms with Gasteiger partial charge in [-0.15, -0.1) is 24.0 Å². The molecule has 1 aliphatic carbocycles. The van der Waals surface area contributed by atoms with Crippen molar-refractivity contribution in [2.45, 2.75) is 46.1 Å². The number of aliphatic imine (C=N–C) groups is 1. The Morgan fingerprint density at radius 3 is 2.62 bits per heavy atom. The number of guanidine groups is 1. The van der Waals surface area contributed by atoms with Crippen LogP contribution in [0.4, 0.5) is 0 Å². The molecule has 1 saturated heterocycles. The van der Waals surface area contributed by atoms with E-state index in [0.29, 0.717) is 18.6 Å². The van der Waals surface area contributed by atoms with Gasteiger partial charge in [0.25, 0.3) is 0 Å². The summed E-state index contributed by atoms with van der Waals surface area (Å²) in [5.74, 6) is 2.60. The summed E-state index contributed by atoms with van der Waals surface area (Å²) in [7, 11) is 1.67. The number of halogens is 1. The Bertz CT molecular complexity index is 617. The minimum Gasteiger partial charge on any atom is -0.493 e. The molecular formula is C20H32IN3O2. The van der Waals surface area contributed by atoms with Crippen molar-refractivity contribution in [3.63, 3.8) is 0 Å². The van der Waals surface area contributed by atoms with Crippen molar-refractivity contribution in [2.75, 3.05) is 33.4 Å². The summed E-state index contributed by atoms with van der Waals surface area (Å²) in [5, 5.41) is 3.46. The Morgan fingerprint density at radius 2 is 2.04 bits per heavy atom. The molecule has 1 saturated carbocycles. The minimum absolute atomic E-state index is 0. The zero-order valence-corrected chi connectivity index (χ0v) is 18.5. The molecule has 3 rings (SSSR count). The molecule has 1 heterocycles. The van der Waals surface area contributed by atoms with Crippen LogP contribution < -0.4 is 14.8 Å². The second-order valence-electron chi connectivity index (χ2n) is 7.11. The van der Waals surface area contributed by atoms with E-state index in [-0.39, 0.29) is 24.0 Å². The molecule has 2 fully saturated rings. The Kier molecular flexibility index (Phi) is 7.85. The number of likely N-dealkylation sites (tertiary alicyclic amines) is 1. The number of rotatable bonds is 6. The van der Waals surface area contributed by atoms with Crippen LogP contribution in [-0.2, 0) is 6.54 Å². The topological polar surface area (TPSA) is 46.1 Å². The molecule has 0 aromatic heterocycles. The molecule has 26 heavy (non-hydrogen) atoms. The summed E-state index contributed by atoms with van der Waals surface area (Å²) in [6.45, 7) is 8.57. The first-order chi connectivity index (χ1) is 12.2. The average Bonchev–Trinajstić information content (AvgIpc) is 3.05. The first-order valence-electron chi connectivity index (χ1n) is 9.52. The molecule has 0 unspecified atom stereocenters. The maximum absolute atomic E-state index is 5.67. The van der Waals surface area contributed by atoms with Crippen LogP contribution in [0.25, 0.3) is 0 Å². The van der Waals surface area contributed by atoms with E-state index in [4.69, 9.17) is 14.5 Å². The van der Waals surface area contributed by atoms with Crippen LogP contribution >= 0.6 is 24.0 Å². The fourth-order valence-corrected chi connectivity index (χ4v) is 3.88. The fourth-order valence-electron chi connectivity index (χ4n) is 3.88. The highest BCUT2D eigenvalue weighted by Crippen LogP contribution is 2.47. The zero-order valence-electron chi connectivity index (χ0n) is 16.2. The number of hydrogen-bond acceptors (Lipinski definition) is 3. The minimum atomic E-state index is 0. The summed E-state index contributed by atoms with van der Waals surface area (Å²) in [4.78, 5) is 7.32. The Balaban J connectivity index is 0.00000243. The highest BCUT2D eigenvalue weighted by atomic mass is 127. The van der Waals surface area contributed by atoms with Crippen LogP contribution in [0.3, 0.4) is 0 Å². The Hall–Kier alpha value is -1.18. The lowest BCUT2D eigenvalue weighted by Crippen LogP contribution is -2.42. The first-order valence-corrected chi connectivity index (χ1v) is 9.52. The number of nitrogens with one attached hydrogen (secondary N) is 1. The molecule has 1 N–H and O–H groups in total. The Labute approximate surface area is 174 Å². The molecule has 1 aromatic carbocycles. The van der Waals surface area contributed by atoms with Gasteiger partial charge in [0.1, 0.15) is 0 Å². The van der Waals surface area contributed by atoms with Crippen molar-refractivity contribution in [3.05, 3.63) is 23.8 Å². The van der Waals surface area contributed by atoms with Gasteiger partial charge in [-0.1, -0.05) is 12.5 Å². The molecule has 2 aliphatic rings. The molecule has 0 radical (unpaired) electrons. The van der Waals surface area contributed by atoms with Crippen molar-refractivity contribution in [1.29, 1.82) is 0 Å². The van der Waals surface area contributed by atoms with Gasteiger partial charge in [-0.25, -0.2) is 4.99 Å². The molecule has 0 amide bonds. The van der Waals surface area contributed by atoms with Crippen molar-refractivity contribution in [1.82, 2.24) is 10.2 Å². The summed E-state index contributed by atoms with van der Waals surface area (Å²) < 4.78 is 11.0. The third-order valence-corrected chi connectivity index (χ3v) is 5.43. The maximum Gasteiger partial charge on any atom is 0.194 e. The predicted molar refractivity (Wildman–Crippen MR) is 117 cm³/mol. The molecule has 0 atom stereocenters. The number of ether oxygens (including phenoxy) is 2. The molecule has 1 spiro atoms. The van der Waals surface area contributed by atoms with Gasteiger partial charge in [-0.2, -0.15) is 0 Å². The van der Waals surface area contributed by atoms with Crippen LogP contribution in [0.2, 0.25) is 0 Å². The quantitative estimate of drug-likeness (QED) is 0.385. The summed E-state index contributed by atoms with van der Waals surface area (Å²) in [6, 6.07) is 6.06. The third-order valence-electron chi connectivity index (χ3n) is 5.43. The first kappa shape index (κ1) is 21.1. The lowest BCUT2D eigenvalue weighted by Gasteiger charge is -2.38. The number of nitrogens with zero attached hydrogens (tertiary/aromatic N) is 2. The molecule has 0 bridgehead atoms. The summed E-state index contributed by atoms with van der Waals surface area (Å²) in [6.07, 6.45) is 5.49. The van der Waals surface area contributed by atoms with Gasteiger partial charge in [-0.05, 0) is 56.2 Å². The number of hydrogen-bond donors (Lipinski definition) is 1. The van der Waals surface area contributed by atoms with E-state index >= 15 is 0 Å². The fraction of sp³-hybridized carbons (Fsp3) is 0.650. The largest absolute Gasteiger partial charge is 0.493 e. The van der Waals surface area contributed by atoms with Crippen molar-refractivity contribution < 1.29 is 9.47 Å². The van der Waals surface area contributed by atoms with Crippen LogP contribution in [0.1, 0.15) is 45.1 Å². The van der Waals surface area contributed by atoms with Gasteiger partial charge >= 0.3 is 0 Å². The zero-order chi connectivity index (χ0) is 17.7. The maximum atomic E-state index is 5.67. The predicted octanol–water partition coefficient (Wildman–Crippen LogP) is 4.05. The van der Waals surface area contributed by atoms with E-state index in [2.05, 4.69) is 23.2 Å². The van der Waals surface area contributed by atoms with Gasteiger partial charge in [0.2, 0.25) is 0 Å². The smallest absolute Gasteiger partial charge is 0.194 e.